The van der Waals surface area contributed by atoms with Crippen LogP contribution in [0.15, 0.2) is 12.1 Å². The number of carbonyl (C=O) groups is 1. The number of hydrogen-bond donors (Lipinski definition) is 1. The van der Waals surface area contributed by atoms with Gasteiger partial charge in [0, 0.05) is 0 Å². The van der Waals surface area contributed by atoms with Crippen LogP contribution in [0.5, 0.6) is 0 Å². The number of aliphatic hydroxyl groups is 1. The summed E-state index contributed by atoms with van der Waals surface area (Å²) in [4.78, 5) is 13.7. The SMILES string of the molecule is CC(C)(C)OC(=O)N1[C@H](CO)CC[C@H]1c1cc(F)c(F)c(F)c1. The van der Waals surface area contributed by atoms with E-state index in [-0.39, 0.29) is 12.2 Å². The average molecular weight is 331 g/mol. The van der Waals surface area contributed by atoms with E-state index in [1.54, 1.807) is 20.8 Å². The Morgan fingerprint density at radius 2 is 1.83 bits per heavy atom. The molecule has 7 heteroatoms. The highest BCUT2D eigenvalue weighted by molar-refractivity contribution is 5.70. The van der Waals surface area contributed by atoms with Gasteiger partial charge in [-0.05, 0) is 51.3 Å². The maximum absolute atomic E-state index is 13.5. The summed E-state index contributed by atoms with van der Waals surface area (Å²) in [6.45, 7) is 4.80. The highest BCUT2D eigenvalue weighted by atomic mass is 19.2. The lowest BCUT2D eigenvalue weighted by molar-refractivity contribution is 0.00861. The van der Waals surface area contributed by atoms with Gasteiger partial charge in [0.05, 0.1) is 18.7 Å². The summed E-state index contributed by atoms with van der Waals surface area (Å²) < 4.78 is 45.4. The summed E-state index contributed by atoms with van der Waals surface area (Å²) in [7, 11) is 0. The fraction of sp³-hybridized carbons (Fsp3) is 0.562. The molecule has 0 radical (unpaired) electrons. The average Bonchev–Trinajstić information content (AvgIpc) is 2.86. The first-order valence-corrected chi connectivity index (χ1v) is 7.40. The summed E-state index contributed by atoms with van der Waals surface area (Å²) in [5.41, 5.74) is -0.605. The van der Waals surface area contributed by atoms with Gasteiger partial charge in [-0.3, -0.25) is 4.90 Å². The molecule has 0 aromatic heterocycles. The summed E-state index contributed by atoms with van der Waals surface area (Å²) in [6, 6.07) is 0.568. The van der Waals surface area contributed by atoms with Crippen LogP contribution in [0.4, 0.5) is 18.0 Å². The normalized spacial score (nSPS) is 21.6. The van der Waals surface area contributed by atoms with Crippen LogP contribution in [-0.2, 0) is 4.74 Å². The molecular formula is C16H20F3NO3. The van der Waals surface area contributed by atoms with Crippen LogP contribution < -0.4 is 0 Å². The molecule has 0 saturated carbocycles. The monoisotopic (exact) mass is 331 g/mol. The zero-order valence-corrected chi connectivity index (χ0v) is 13.3. The number of carbonyl (C=O) groups excluding carboxylic acids is 1. The Balaban J connectivity index is 2.35. The van der Waals surface area contributed by atoms with E-state index in [1.165, 1.54) is 4.90 Å². The zero-order valence-electron chi connectivity index (χ0n) is 13.3. The van der Waals surface area contributed by atoms with Crippen molar-refractivity contribution < 1.29 is 27.8 Å². The van der Waals surface area contributed by atoms with Gasteiger partial charge in [-0.2, -0.15) is 0 Å². The Labute approximate surface area is 132 Å². The smallest absolute Gasteiger partial charge is 0.411 e. The Bertz CT molecular complexity index is 578. The summed E-state index contributed by atoms with van der Waals surface area (Å²) in [5, 5.41) is 9.44. The van der Waals surface area contributed by atoms with Crippen molar-refractivity contribution in [3.8, 4) is 0 Å². The fourth-order valence-corrected chi connectivity index (χ4v) is 2.75. The van der Waals surface area contributed by atoms with E-state index in [9.17, 15) is 23.1 Å². The third-order valence-corrected chi connectivity index (χ3v) is 3.71. The van der Waals surface area contributed by atoms with Crippen molar-refractivity contribution in [2.24, 2.45) is 0 Å². The third kappa shape index (κ3) is 3.77. The number of amides is 1. The lowest BCUT2D eigenvalue weighted by atomic mass is 10.0. The van der Waals surface area contributed by atoms with Gasteiger partial charge in [0.1, 0.15) is 5.60 Å². The van der Waals surface area contributed by atoms with Crippen molar-refractivity contribution in [2.45, 2.75) is 51.3 Å². The van der Waals surface area contributed by atoms with Gasteiger partial charge >= 0.3 is 6.09 Å². The van der Waals surface area contributed by atoms with Crippen LogP contribution in [-0.4, -0.2) is 34.3 Å². The highest BCUT2D eigenvalue weighted by Gasteiger charge is 2.40. The Hall–Kier alpha value is -1.76. The molecule has 0 spiro atoms. The second kappa shape index (κ2) is 6.39. The molecule has 1 heterocycles. The molecule has 1 aliphatic heterocycles. The van der Waals surface area contributed by atoms with Crippen molar-refractivity contribution in [1.82, 2.24) is 4.90 Å². The number of aliphatic hydroxyl groups excluding tert-OH is 1. The first kappa shape index (κ1) is 17.6. The zero-order chi connectivity index (χ0) is 17.4. The fourth-order valence-electron chi connectivity index (χ4n) is 2.75. The molecule has 0 aliphatic carbocycles. The van der Waals surface area contributed by atoms with E-state index in [0.29, 0.717) is 12.8 Å². The largest absolute Gasteiger partial charge is 0.444 e. The van der Waals surface area contributed by atoms with Crippen LogP contribution in [0.2, 0.25) is 0 Å². The van der Waals surface area contributed by atoms with Gasteiger partial charge < -0.3 is 9.84 Å². The van der Waals surface area contributed by atoms with Gasteiger partial charge in [0.15, 0.2) is 17.5 Å². The molecule has 1 amide bonds. The van der Waals surface area contributed by atoms with Gasteiger partial charge in [-0.1, -0.05) is 0 Å². The molecule has 2 atom stereocenters. The Morgan fingerprint density at radius 1 is 1.26 bits per heavy atom. The van der Waals surface area contributed by atoms with Crippen LogP contribution in [0.3, 0.4) is 0 Å². The van der Waals surface area contributed by atoms with E-state index in [4.69, 9.17) is 4.74 Å². The maximum atomic E-state index is 13.5. The van der Waals surface area contributed by atoms with Gasteiger partial charge in [-0.25, -0.2) is 18.0 Å². The van der Waals surface area contributed by atoms with Crippen molar-refractivity contribution >= 4 is 6.09 Å². The molecule has 1 aromatic rings. The molecule has 2 rings (SSSR count). The predicted octanol–water partition coefficient (Wildman–Crippen LogP) is 3.54. The minimum absolute atomic E-state index is 0.142. The van der Waals surface area contributed by atoms with E-state index >= 15 is 0 Å². The maximum Gasteiger partial charge on any atom is 0.411 e. The van der Waals surface area contributed by atoms with Crippen molar-refractivity contribution in [3.05, 3.63) is 35.1 Å². The predicted molar refractivity (Wildman–Crippen MR) is 77.2 cm³/mol. The summed E-state index contributed by atoms with van der Waals surface area (Å²) in [6.07, 6.45) is 0.180. The molecule has 1 aromatic carbocycles. The topological polar surface area (TPSA) is 49.8 Å². The van der Waals surface area contributed by atoms with Crippen LogP contribution >= 0.6 is 0 Å². The third-order valence-electron chi connectivity index (χ3n) is 3.71. The molecule has 23 heavy (non-hydrogen) atoms. The quantitative estimate of drug-likeness (QED) is 0.844. The number of nitrogens with zero attached hydrogens (tertiary/aromatic N) is 1. The number of halogens is 3. The van der Waals surface area contributed by atoms with E-state index in [2.05, 4.69) is 0 Å². The minimum Gasteiger partial charge on any atom is -0.444 e. The number of ether oxygens (including phenoxy) is 1. The Morgan fingerprint density at radius 3 is 2.30 bits per heavy atom. The van der Waals surface area contributed by atoms with Gasteiger partial charge in [0.2, 0.25) is 0 Å². The Kier molecular flexibility index (Phi) is 4.89. The van der Waals surface area contributed by atoms with E-state index < -0.39 is 41.2 Å². The van der Waals surface area contributed by atoms with Crippen LogP contribution in [0, 0.1) is 17.5 Å². The number of benzene rings is 1. The second-order valence-corrected chi connectivity index (χ2v) is 6.62. The van der Waals surface area contributed by atoms with Crippen LogP contribution in [0.25, 0.3) is 0 Å². The standard InChI is InChI=1S/C16H20F3NO3/c1-16(2,3)23-15(22)20-10(8-21)4-5-13(20)9-6-11(17)14(19)12(18)7-9/h6-7,10,13,21H,4-5,8H2,1-3H3/t10-,13-/m0/s1. The molecule has 128 valence electrons. The number of hydrogen-bond acceptors (Lipinski definition) is 3. The van der Waals surface area contributed by atoms with Crippen molar-refractivity contribution in [3.63, 3.8) is 0 Å². The molecular weight excluding hydrogens is 311 g/mol. The first-order valence-electron chi connectivity index (χ1n) is 7.40. The molecule has 1 aliphatic rings. The molecule has 0 bridgehead atoms. The van der Waals surface area contributed by atoms with Crippen molar-refractivity contribution in [2.75, 3.05) is 6.61 Å². The molecule has 4 nitrogen and oxygen atoms in total. The van der Waals surface area contributed by atoms with Crippen molar-refractivity contribution in [1.29, 1.82) is 0 Å². The molecule has 0 unspecified atom stereocenters. The lowest BCUT2D eigenvalue weighted by Gasteiger charge is -2.32. The van der Waals surface area contributed by atoms with E-state index in [1.807, 2.05) is 0 Å². The number of likely N-dealkylation sites (tertiary alicyclic amines) is 1. The van der Waals surface area contributed by atoms with Gasteiger partial charge in [-0.15, -0.1) is 0 Å². The second-order valence-electron chi connectivity index (χ2n) is 6.62. The molecule has 1 N–H and O–H groups in total. The first-order chi connectivity index (χ1) is 10.6. The van der Waals surface area contributed by atoms with Gasteiger partial charge in [0.25, 0.3) is 0 Å². The number of rotatable bonds is 2. The van der Waals surface area contributed by atoms with Crippen LogP contribution in [0.1, 0.15) is 45.2 Å². The summed E-state index contributed by atoms with van der Waals surface area (Å²) >= 11 is 0. The summed E-state index contributed by atoms with van der Waals surface area (Å²) in [5.74, 6) is -4.16. The van der Waals surface area contributed by atoms with E-state index in [0.717, 1.165) is 12.1 Å². The highest BCUT2D eigenvalue weighted by Crippen LogP contribution is 2.38. The molecule has 1 fully saturated rings. The molecule has 1 saturated heterocycles. The minimum atomic E-state index is -1.55. The lowest BCUT2D eigenvalue weighted by Crippen LogP contribution is -2.42.